The van der Waals surface area contributed by atoms with E-state index in [4.69, 9.17) is 0 Å². The number of hydrogen-bond acceptors (Lipinski definition) is 3. The second-order valence-electron chi connectivity index (χ2n) is 5.80. The third-order valence-corrected chi connectivity index (χ3v) is 4.02. The SMILES string of the molecule is Cc1cc(C(=O)Nc2ccc(-n3ccnc3)cc2)c2ccccc2n1. The molecule has 0 aliphatic rings. The molecular weight excluding hydrogens is 312 g/mol. The molecule has 0 fully saturated rings. The van der Waals surface area contributed by atoms with Crippen LogP contribution in [0, 0.1) is 6.92 Å². The van der Waals surface area contributed by atoms with Gasteiger partial charge in [0.2, 0.25) is 0 Å². The number of aromatic nitrogens is 3. The molecule has 0 spiro atoms. The summed E-state index contributed by atoms with van der Waals surface area (Å²) < 4.78 is 1.91. The van der Waals surface area contributed by atoms with Crippen molar-refractivity contribution in [2.24, 2.45) is 0 Å². The Hall–Kier alpha value is -3.47. The van der Waals surface area contributed by atoms with Crippen LogP contribution in [0.1, 0.15) is 16.1 Å². The predicted octanol–water partition coefficient (Wildman–Crippen LogP) is 3.98. The number of anilines is 1. The molecule has 5 nitrogen and oxygen atoms in total. The van der Waals surface area contributed by atoms with Crippen LogP contribution in [0.2, 0.25) is 0 Å². The molecule has 0 aliphatic carbocycles. The minimum Gasteiger partial charge on any atom is -0.322 e. The number of carbonyl (C=O) groups is 1. The summed E-state index contributed by atoms with van der Waals surface area (Å²) in [6.07, 6.45) is 5.34. The van der Waals surface area contributed by atoms with Crippen LogP contribution in [0.15, 0.2) is 73.3 Å². The molecule has 0 saturated heterocycles. The van der Waals surface area contributed by atoms with Crippen molar-refractivity contribution >= 4 is 22.5 Å². The van der Waals surface area contributed by atoms with Crippen LogP contribution in [-0.2, 0) is 0 Å². The molecule has 5 heteroatoms. The van der Waals surface area contributed by atoms with E-state index < -0.39 is 0 Å². The Morgan fingerprint density at radius 2 is 1.88 bits per heavy atom. The van der Waals surface area contributed by atoms with Crippen LogP contribution < -0.4 is 5.32 Å². The number of nitrogens with one attached hydrogen (secondary N) is 1. The maximum atomic E-state index is 12.7. The van der Waals surface area contributed by atoms with E-state index in [9.17, 15) is 4.79 Å². The molecule has 0 radical (unpaired) electrons. The lowest BCUT2D eigenvalue weighted by atomic mass is 10.1. The molecule has 2 aromatic carbocycles. The van der Waals surface area contributed by atoms with Gasteiger partial charge in [-0.1, -0.05) is 18.2 Å². The highest BCUT2D eigenvalue weighted by Crippen LogP contribution is 2.20. The lowest BCUT2D eigenvalue weighted by Gasteiger charge is -2.10. The van der Waals surface area contributed by atoms with Gasteiger partial charge in [0.1, 0.15) is 0 Å². The average Bonchev–Trinajstić information content (AvgIpc) is 3.16. The minimum atomic E-state index is -0.142. The number of hydrogen-bond donors (Lipinski definition) is 1. The third kappa shape index (κ3) is 2.99. The molecular formula is C20H16N4O. The largest absolute Gasteiger partial charge is 0.322 e. The zero-order valence-corrected chi connectivity index (χ0v) is 13.7. The van der Waals surface area contributed by atoms with Crippen LogP contribution in [-0.4, -0.2) is 20.4 Å². The van der Waals surface area contributed by atoms with E-state index in [0.717, 1.165) is 28.0 Å². The normalized spacial score (nSPS) is 10.8. The van der Waals surface area contributed by atoms with Gasteiger partial charge < -0.3 is 9.88 Å². The standard InChI is InChI=1S/C20H16N4O/c1-14-12-18(17-4-2-3-5-19(17)22-14)20(25)23-15-6-8-16(9-7-15)24-11-10-21-13-24/h2-13H,1H3,(H,23,25). The number of amides is 1. The maximum Gasteiger partial charge on any atom is 0.256 e. The van der Waals surface area contributed by atoms with Gasteiger partial charge in [-0.3, -0.25) is 9.78 Å². The fraction of sp³-hybridized carbons (Fsp3) is 0.0500. The summed E-state index contributed by atoms with van der Waals surface area (Å²) in [6, 6.07) is 17.1. The zero-order chi connectivity index (χ0) is 17.2. The van der Waals surface area contributed by atoms with Crippen molar-refractivity contribution in [3.63, 3.8) is 0 Å². The summed E-state index contributed by atoms with van der Waals surface area (Å²) in [5.74, 6) is -0.142. The molecule has 2 aromatic heterocycles. The summed E-state index contributed by atoms with van der Waals surface area (Å²) in [6.45, 7) is 1.89. The fourth-order valence-corrected chi connectivity index (χ4v) is 2.82. The number of fused-ring (bicyclic) bond motifs is 1. The second kappa shape index (κ2) is 6.20. The number of aryl methyl sites for hydroxylation is 1. The Morgan fingerprint density at radius 1 is 1.08 bits per heavy atom. The number of rotatable bonds is 3. The van der Waals surface area contributed by atoms with Gasteiger partial charge in [0.05, 0.1) is 17.4 Å². The highest BCUT2D eigenvalue weighted by atomic mass is 16.1. The van der Waals surface area contributed by atoms with Gasteiger partial charge in [0.15, 0.2) is 0 Å². The smallest absolute Gasteiger partial charge is 0.256 e. The highest BCUT2D eigenvalue weighted by Gasteiger charge is 2.12. The van der Waals surface area contributed by atoms with E-state index in [0.29, 0.717) is 5.56 Å². The first-order valence-electron chi connectivity index (χ1n) is 7.97. The van der Waals surface area contributed by atoms with Gasteiger partial charge in [-0.15, -0.1) is 0 Å². The third-order valence-electron chi connectivity index (χ3n) is 4.02. The second-order valence-corrected chi connectivity index (χ2v) is 5.80. The number of carbonyl (C=O) groups excluding carboxylic acids is 1. The summed E-state index contributed by atoms with van der Waals surface area (Å²) in [5, 5.41) is 3.81. The van der Waals surface area contributed by atoms with E-state index in [1.165, 1.54) is 0 Å². The van der Waals surface area contributed by atoms with Crippen molar-refractivity contribution in [2.75, 3.05) is 5.32 Å². The van der Waals surface area contributed by atoms with Crippen LogP contribution in [0.3, 0.4) is 0 Å². The quantitative estimate of drug-likeness (QED) is 0.619. The van der Waals surface area contributed by atoms with Gasteiger partial charge in [-0.05, 0) is 43.3 Å². The molecule has 25 heavy (non-hydrogen) atoms. The van der Waals surface area contributed by atoms with E-state index in [1.54, 1.807) is 12.5 Å². The molecule has 0 saturated carbocycles. The topological polar surface area (TPSA) is 59.8 Å². The minimum absolute atomic E-state index is 0.142. The Balaban J connectivity index is 1.62. The van der Waals surface area contributed by atoms with Gasteiger partial charge in [-0.25, -0.2) is 4.98 Å². The van der Waals surface area contributed by atoms with Gasteiger partial charge >= 0.3 is 0 Å². The van der Waals surface area contributed by atoms with Crippen LogP contribution >= 0.6 is 0 Å². The molecule has 0 atom stereocenters. The first-order valence-corrected chi connectivity index (χ1v) is 7.97. The lowest BCUT2D eigenvalue weighted by molar-refractivity contribution is 0.102. The number of benzene rings is 2. The van der Waals surface area contributed by atoms with Gasteiger partial charge in [-0.2, -0.15) is 0 Å². The van der Waals surface area contributed by atoms with Gasteiger partial charge in [0.25, 0.3) is 5.91 Å². The number of pyridine rings is 1. The summed E-state index contributed by atoms with van der Waals surface area (Å²) in [5.41, 5.74) is 4.00. The molecule has 4 aromatic rings. The van der Waals surface area contributed by atoms with Crippen LogP contribution in [0.4, 0.5) is 5.69 Å². The Bertz CT molecular complexity index is 1040. The molecule has 0 unspecified atom stereocenters. The average molecular weight is 328 g/mol. The highest BCUT2D eigenvalue weighted by molar-refractivity contribution is 6.12. The van der Waals surface area contributed by atoms with Crippen molar-refractivity contribution in [3.05, 3.63) is 84.6 Å². The summed E-state index contributed by atoms with van der Waals surface area (Å²) in [4.78, 5) is 21.3. The molecule has 4 rings (SSSR count). The molecule has 0 aliphatic heterocycles. The Labute approximate surface area is 145 Å². The Kier molecular flexibility index (Phi) is 3.74. The predicted molar refractivity (Wildman–Crippen MR) is 98.0 cm³/mol. The van der Waals surface area contributed by atoms with E-state index in [1.807, 2.05) is 72.3 Å². The molecule has 122 valence electrons. The number of imidazole rings is 1. The monoisotopic (exact) mass is 328 g/mol. The van der Waals surface area contributed by atoms with Gasteiger partial charge in [0, 0.05) is 34.8 Å². The number of nitrogens with zero attached hydrogens (tertiary/aromatic N) is 3. The number of para-hydroxylation sites is 1. The first-order chi connectivity index (χ1) is 12.2. The van der Waals surface area contributed by atoms with E-state index in [-0.39, 0.29) is 5.91 Å². The summed E-state index contributed by atoms with van der Waals surface area (Å²) >= 11 is 0. The fourth-order valence-electron chi connectivity index (χ4n) is 2.82. The maximum absolute atomic E-state index is 12.7. The van der Waals surface area contributed by atoms with E-state index >= 15 is 0 Å². The molecule has 2 heterocycles. The Morgan fingerprint density at radius 3 is 2.64 bits per heavy atom. The molecule has 1 N–H and O–H groups in total. The first kappa shape index (κ1) is 15.1. The zero-order valence-electron chi connectivity index (χ0n) is 13.7. The van der Waals surface area contributed by atoms with Crippen molar-refractivity contribution < 1.29 is 4.79 Å². The van der Waals surface area contributed by atoms with Crippen molar-refractivity contribution in [3.8, 4) is 5.69 Å². The lowest BCUT2D eigenvalue weighted by Crippen LogP contribution is -2.13. The van der Waals surface area contributed by atoms with E-state index in [2.05, 4.69) is 15.3 Å². The van der Waals surface area contributed by atoms with Crippen LogP contribution in [0.25, 0.3) is 16.6 Å². The van der Waals surface area contributed by atoms with Crippen molar-refractivity contribution in [2.45, 2.75) is 6.92 Å². The van der Waals surface area contributed by atoms with Crippen LogP contribution in [0.5, 0.6) is 0 Å². The molecule has 1 amide bonds. The molecule has 0 bridgehead atoms. The summed E-state index contributed by atoms with van der Waals surface area (Å²) in [7, 11) is 0. The van der Waals surface area contributed by atoms with Crippen molar-refractivity contribution in [1.82, 2.24) is 14.5 Å². The van der Waals surface area contributed by atoms with Crippen molar-refractivity contribution in [1.29, 1.82) is 0 Å².